The molecule has 0 unspecified atom stereocenters. The van der Waals surface area contributed by atoms with E-state index in [1.807, 2.05) is 36.6 Å². The summed E-state index contributed by atoms with van der Waals surface area (Å²) in [6.45, 7) is 0.211. The van der Waals surface area contributed by atoms with Crippen molar-refractivity contribution in [2.75, 3.05) is 11.6 Å². The highest BCUT2D eigenvalue weighted by Gasteiger charge is 2.03. The second-order valence-corrected chi connectivity index (χ2v) is 4.67. The van der Waals surface area contributed by atoms with E-state index < -0.39 is 6.09 Å². The molecule has 1 aromatic carbocycles. The molecule has 4 nitrogen and oxygen atoms in total. The molecule has 1 N–H and O–H groups in total. The molecular formula is C14H15ClN2O2S. The molecule has 1 heterocycles. The molecule has 0 spiro atoms. The van der Waals surface area contributed by atoms with Crippen molar-refractivity contribution >= 4 is 35.9 Å². The zero-order valence-electron chi connectivity index (χ0n) is 10.9. The number of nitrogens with one attached hydrogen (secondary N) is 1. The average molecular weight is 311 g/mol. The first kappa shape index (κ1) is 16.3. The zero-order chi connectivity index (χ0) is 13.5. The summed E-state index contributed by atoms with van der Waals surface area (Å²) in [6, 6.07) is 11.2. The third-order valence-corrected chi connectivity index (χ3v) is 3.17. The van der Waals surface area contributed by atoms with E-state index in [0.717, 1.165) is 10.5 Å². The highest BCUT2D eigenvalue weighted by atomic mass is 35.5. The standard InChI is InChI=1S/C14H14N2O2S.ClH/c1-19-13-6-4-12(5-7-13)16-14(17)18-10-11-3-2-8-15-9-11;/h2-9H,10H2,1H3,(H,16,17);1H. The fourth-order valence-corrected chi connectivity index (χ4v) is 1.87. The van der Waals surface area contributed by atoms with Crippen molar-refractivity contribution in [1.29, 1.82) is 0 Å². The van der Waals surface area contributed by atoms with Gasteiger partial charge in [-0.05, 0) is 36.6 Å². The summed E-state index contributed by atoms with van der Waals surface area (Å²) in [5.74, 6) is 0. The van der Waals surface area contributed by atoms with E-state index in [0.29, 0.717) is 5.69 Å². The molecule has 0 aliphatic heterocycles. The van der Waals surface area contributed by atoms with Gasteiger partial charge in [-0.3, -0.25) is 10.3 Å². The molecule has 2 aromatic rings. The lowest BCUT2D eigenvalue weighted by atomic mass is 10.3. The summed E-state index contributed by atoms with van der Waals surface area (Å²) >= 11 is 1.65. The Balaban J connectivity index is 0.00000200. The Bertz CT molecular complexity index is 535. The molecule has 0 aliphatic rings. The molecule has 6 heteroatoms. The van der Waals surface area contributed by atoms with E-state index in [2.05, 4.69) is 10.3 Å². The average Bonchev–Trinajstić information content (AvgIpc) is 2.47. The van der Waals surface area contributed by atoms with Crippen molar-refractivity contribution in [3.63, 3.8) is 0 Å². The molecule has 0 atom stereocenters. The Labute approximate surface area is 128 Å². The quantitative estimate of drug-likeness (QED) is 0.868. The number of aromatic nitrogens is 1. The number of amides is 1. The smallest absolute Gasteiger partial charge is 0.411 e. The summed E-state index contributed by atoms with van der Waals surface area (Å²) in [6.07, 6.45) is 4.88. The van der Waals surface area contributed by atoms with Crippen molar-refractivity contribution < 1.29 is 9.53 Å². The van der Waals surface area contributed by atoms with Gasteiger partial charge in [-0.2, -0.15) is 0 Å². The molecule has 20 heavy (non-hydrogen) atoms. The van der Waals surface area contributed by atoms with Crippen LogP contribution in [-0.2, 0) is 11.3 Å². The number of ether oxygens (including phenoxy) is 1. The number of nitrogens with zero attached hydrogens (tertiary/aromatic N) is 1. The maximum absolute atomic E-state index is 11.6. The van der Waals surface area contributed by atoms with Crippen molar-refractivity contribution in [1.82, 2.24) is 4.98 Å². The Morgan fingerprint density at radius 2 is 2.05 bits per heavy atom. The Kier molecular flexibility index (Phi) is 6.90. The number of benzene rings is 1. The SMILES string of the molecule is CSc1ccc(NC(=O)OCc2cccnc2)cc1.Cl. The summed E-state index contributed by atoms with van der Waals surface area (Å²) in [5.41, 5.74) is 1.57. The van der Waals surface area contributed by atoms with Crippen LogP contribution in [0.2, 0.25) is 0 Å². The molecule has 106 valence electrons. The summed E-state index contributed by atoms with van der Waals surface area (Å²) in [7, 11) is 0. The normalized spacial score (nSPS) is 9.45. The molecule has 1 aromatic heterocycles. The van der Waals surface area contributed by atoms with Gasteiger partial charge in [-0.25, -0.2) is 4.79 Å². The predicted molar refractivity (Wildman–Crippen MR) is 83.5 cm³/mol. The van der Waals surface area contributed by atoms with Crippen molar-refractivity contribution in [2.24, 2.45) is 0 Å². The van der Waals surface area contributed by atoms with Crippen LogP contribution in [0.5, 0.6) is 0 Å². The lowest BCUT2D eigenvalue weighted by Crippen LogP contribution is -2.13. The number of pyridine rings is 1. The third-order valence-electron chi connectivity index (χ3n) is 2.43. The van der Waals surface area contributed by atoms with E-state index in [4.69, 9.17) is 4.74 Å². The number of anilines is 1. The zero-order valence-corrected chi connectivity index (χ0v) is 12.5. The third kappa shape index (κ3) is 5.11. The van der Waals surface area contributed by atoms with Gasteiger partial charge >= 0.3 is 6.09 Å². The van der Waals surface area contributed by atoms with E-state index in [1.165, 1.54) is 0 Å². The minimum Gasteiger partial charge on any atom is -0.444 e. The first-order valence-electron chi connectivity index (χ1n) is 5.74. The molecule has 0 aliphatic carbocycles. The van der Waals surface area contributed by atoms with Gasteiger partial charge < -0.3 is 4.74 Å². The van der Waals surface area contributed by atoms with Crippen molar-refractivity contribution in [2.45, 2.75) is 11.5 Å². The predicted octanol–water partition coefficient (Wildman–Crippen LogP) is 3.97. The van der Waals surface area contributed by atoms with Crippen LogP contribution >= 0.6 is 24.2 Å². The monoisotopic (exact) mass is 310 g/mol. The van der Waals surface area contributed by atoms with Crippen LogP contribution in [0.1, 0.15) is 5.56 Å². The Hall–Kier alpha value is -1.72. The number of hydrogen-bond acceptors (Lipinski definition) is 4. The van der Waals surface area contributed by atoms with Crippen LogP contribution in [0, 0.1) is 0 Å². The minimum absolute atomic E-state index is 0. The topological polar surface area (TPSA) is 51.2 Å². The Morgan fingerprint density at radius 3 is 2.65 bits per heavy atom. The van der Waals surface area contributed by atoms with Crippen LogP contribution in [0.15, 0.2) is 53.7 Å². The number of halogens is 1. The van der Waals surface area contributed by atoms with Gasteiger partial charge in [0.15, 0.2) is 0 Å². The summed E-state index contributed by atoms with van der Waals surface area (Å²) in [4.78, 5) is 16.7. The number of carbonyl (C=O) groups excluding carboxylic acids is 1. The molecular weight excluding hydrogens is 296 g/mol. The maximum Gasteiger partial charge on any atom is 0.411 e. The molecule has 0 saturated carbocycles. The fourth-order valence-electron chi connectivity index (χ4n) is 1.46. The molecule has 1 amide bonds. The van der Waals surface area contributed by atoms with Crippen LogP contribution in [0.3, 0.4) is 0 Å². The van der Waals surface area contributed by atoms with Crippen LogP contribution in [-0.4, -0.2) is 17.3 Å². The van der Waals surface area contributed by atoms with Crippen LogP contribution in [0.4, 0.5) is 10.5 Å². The first-order valence-corrected chi connectivity index (χ1v) is 6.97. The van der Waals surface area contributed by atoms with E-state index in [-0.39, 0.29) is 19.0 Å². The second kappa shape index (κ2) is 8.45. The van der Waals surface area contributed by atoms with E-state index >= 15 is 0 Å². The number of hydrogen-bond donors (Lipinski definition) is 1. The van der Waals surface area contributed by atoms with E-state index in [1.54, 1.807) is 30.2 Å². The Morgan fingerprint density at radius 1 is 1.30 bits per heavy atom. The highest BCUT2D eigenvalue weighted by molar-refractivity contribution is 7.98. The number of thioether (sulfide) groups is 1. The molecule has 0 radical (unpaired) electrons. The van der Waals surface area contributed by atoms with Crippen molar-refractivity contribution in [3.05, 3.63) is 54.4 Å². The fraction of sp³-hybridized carbons (Fsp3) is 0.143. The summed E-state index contributed by atoms with van der Waals surface area (Å²) < 4.78 is 5.09. The summed E-state index contributed by atoms with van der Waals surface area (Å²) in [5, 5.41) is 2.67. The van der Waals surface area contributed by atoms with Gasteiger partial charge in [0.2, 0.25) is 0 Å². The lowest BCUT2D eigenvalue weighted by Gasteiger charge is -2.07. The molecule has 0 saturated heterocycles. The largest absolute Gasteiger partial charge is 0.444 e. The van der Waals surface area contributed by atoms with Gasteiger partial charge in [0.25, 0.3) is 0 Å². The van der Waals surface area contributed by atoms with Gasteiger partial charge in [-0.15, -0.1) is 24.2 Å². The lowest BCUT2D eigenvalue weighted by molar-refractivity contribution is 0.155. The van der Waals surface area contributed by atoms with Gasteiger partial charge in [0, 0.05) is 28.5 Å². The highest BCUT2D eigenvalue weighted by Crippen LogP contribution is 2.17. The van der Waals surface area contributed by atoms with Gasteiger partial charge in [0.05, 0.1) is 0 Å². The minimum atomic E-state index is -0.472. The number of rotatable bonds is 4. The van der Waals surface area contributed by atoms with Gasteiger partial charge in [0.1, 0.15) is 6.61 Å². The van der Waals surface area contributed by atoms with Crippen LogP contribution in [0.25, 0.3) is 0 Å². The molecule has 2 rings (SSSR count). The van der Waals surface area contributed by atoms with E-state index in [9.17, 15) is 4.79 Å². The second-order valence-electron chi connectivity index (χ2n) is 3.79. The van der Waals surface area contributed by atoms with Gasteiger partial charge in [-0.1, -0.05) is 6.07 Å². The molecule has 0 fully saturated rings. The van der Waals surface area contributed by atoms with Crippen LogP contribution < -0.4 is 5.32 Å². The van der Waals surface area contributed by atoms with Crippen molar-refractivity contribution in [3.8, 4) is 0 Å². The maximum atomic E-state index is 11.6. The first-order chi connectivity index (χ1) is 9.28. The number of carbonyl (C=O) groups is 1. The molecule has 0 bridgehead atoms.